The summed E-state index contributed by atoms with van der Waals surface area (Å²) in [7, 11) is 0. The average molecular weight is 331 g/mol. The van der Waals surface area contributed by atoms with Crippen LogP contribution < -0.4 is 0 Å². The van der Waals surface area contributed by atoms with Gasteiger partial charge in [0.15, 0.2) is 0 Å². The largest absolute Gasteiger partial charge is 0.0917 e. The molecule has 0 bridgehead atoms. The second-order valence-corrected chi connectivity index (χ2v) is 8.61. The molecule has 2 aliphatic carbocycles. The van der Waals surface area contributed by atoms with Crippen molar-refractivity contribution in [1.82, 2.24) is 0 Å². The molecule has 0 aliphatic heterocycles. The van der Waals surface area contributed by atoms with Crippen LogP contribution in [0, 0.1) is 23.7 Å². The first-order chi connectivity index (χ1) is 11.8. The molecule has 2 saturated carbocycles. The fourth-order valence-corrected chi connectivity index (χ4v) is 5.01. The minimum Gasteiger partial charge on any atom is -0.0917 e. The molecule has 0 radical (unpaired) electrons. The third-order valence-corrected chi connectivity index (χ3v) is 6.68. The van der Waals surface area contributed by atoms with Gasteiger partial charge in [0, 0.05) is 0 Å². The van der Waals surface area contributed by atoms with Gasteiger partial charge in [0.1, 0.15) is 0 Å². The van der Waals surface area contributed by atoms with Gasteiger partial charge < -0.3 is 0 Å². The number of hydrogen-bond acceptors (Lipinski definition) is 0. The Bertz CT molecular complexity index is 348. The second kappa shape index (κ2) is 11.9. The maximum absolute atomic E-state index is 2.57. The zero-order chi connectivity index (χ0) is 17.0. The lowest BCUT2D eigenvalue weighted by atomic mass is 9.78. The van der Waals surface area contributed by atoms with Crippen molar-refractivity contribution in [3.05, 3.63) is 24.3 Å². The monoisotopic (exact) mass is 330 g/mol. The van der Waals surface area contributed by atoms with Crippen molar-refractivity contribution in [2.75, 3.05) is 0 Å². The molecule has 138 valence electrons. The van der Waals surface area contributed by atoms with Crippen LogP contribution in [0.2, 0.25) is 0 Å². The van der Waals surface area contributed by atoms with Gasteiger partial charge in [-0.3, -0.25) is 0 Å². The van der Waals surface area contributed by atoms with Crippen LogP contribution in [-0.2, 0) is 0 Å². The summed E-state index contributed by atoms with van der Waals surface area (Å²) in [6.45, 7) is 4.48. The lowest BCUT2D eigenvalue weighted by Gasteiger charge is -2.28. The van der Waals surface area contributed by atoms with Crippen LogP contribution in [0.4, 0.5) is 0 Å². The summed E-state index contributed by atoms with van der Waals surface area (Å²) >= 11 is 0. The number of hydrogen-bond donors (Lipinski definition) is 0. The summed E-state index contributed by atoms with van der Waals surface area (Å²) in [5, 5.41) is 0. The molecule has 24 heavy (non-hydrogen) atoms. The molecule has 0 heterocycles. The van der Waals surface area contributed by atoms with E-state index in [2.05, 4.69) is 38.2 Å². The topological polar surface area (TPSA) is 0 Å². The summed E-state index contributed by atoms with van der Waals surface area (Å²) in [6.07, 6.45) is 29.9. The highest BCUT2D eigenvalue weighted by molar-refractivity contribution is 4.92. The van der Waals surface area contributed by atoms with Gasteiger partial charge in [-0.15, -0.1) is 0 Å². The standard InChI is InChI=1S/C24H42/c1-3-5-6-10-22-17-19-24(20-18-22)12-8-7-11-23-15-13-21(9-4-2)14-16-23/h3,5,8,12,21-24H,4,6-7,9-11,13-20H2,1-2H3/t21-,22-,23-,24-. The van der Waals surface area contributed by atoms with E-state index >= 15 is 0 Å². The Morgan fingerprint density at radius 2 is 1.17 bits per heavy atom. The Kier molecular flexibility index (Phi) is 9.85. The molecule has 0 saturated heterocycles. The molecule has 2 aliphatic rings. The highest BCUT2D eigenvalue weighted by atomic mass is 14.3. The lowest BCUT2D eigenvalue weighted by molar-refractivity contribution is 0.253. The van der Waals surface area contributed by atoms with Crippen molar-refractivity contribution in [3.63, 3.8) is 0 Å². The molecule has 0 spiro atoms. The van der Waals surface area contributed by atoms with Crippen molar-refractivity contribution in [1.29, 1.82) is 0 Å². The van der Waals surface area contributed by atoms with E-state index < -0.39 is 0 Å². The Morgan fingerprint density at radius 1 is 0.667 bits per heavy atom. The van der Waals surface area contributed by atoms with Crippen molar-refractivity contribution < 1.29 is 0 Å². The maximum atomic E-state index is 2.57. The Hall–Kier alpha value is -0.520. The molecule has 0 N–H and O–H groups in total. The first-order valence-electron chi connectivity index (χ1n) is 11.1. The summed E-state index contributed by atoms with van der Waals surface area (Å²) in [4.78, 5) is 0. The maximum Gasteiger partial charge on any atom is -0.0233 e. The van der Waals surface area contributed by atoms with Crippen LogP contribution in [0.1, 0.15) is 104 Å². The molecule has 0 unspecified atom stereocenters. The summed E-state index contributed by atoms with van der Waals surface area (Å²) in [5.74, 6) is 3.99. The molecular weight excluding hydrogens is 288 g/mol. The third kappa shape index (κ3) is 7.58. The van der Waals surface area contributed by atoms with Crippen LogP contribution in [0.5, 0.6) is 0 Å². The Balaban J connectivity index is 1.52. The predicted molar refractivity (Wildman–Crippen MR) is 108 cm³/mol. The minimum absolute atomic E-state index is 0.892. The number of rotatable bonds is 9. The minimum atomic E-state index is 0.892. The van der Waals surface area contributed by atoms with Crippen molar-refractivity contribution in [3.8, 4) is 0 Å². The zero-order valence-corrected chi connectivity index (χ0v) is 16.5. The van der Waals surface area contributed by atoms with Crippen LogP contribution in [0.15, 0.2) is 24.3 Å². The predicted octanol–water partition coefficient (Wildman–Crippen LogP) is 8.09. The normalized spacial score (nSPS) is 31.9. The smallest absolute Gasteiger partial charge is 0.0233 e. The molecule has 0 aromatic heterocycles. The van der Waals surface area contributed by atoms with Crippen molar-refractivity contribution in [2.24, 2.45) is 23.7 Å². The average Bonchev–Trinajstić information content (AvgIpc) is 2.62. The van der Waals surface area contributed by atoms with Gasteiger partial charge >= 0.3 is 0 Å². The highest BCUT2D eigenvalue weighted by Gasteiger charge is 2.20. The summed E-state index contributed by atoms with van der Waals surface area (Å²) < 4.78 is 0. The van der Waals surface area contributed by atoms with Gasteiger partial charge in [-0.05, 0) is 82.0 Å². The molecule has 2 rings (SSSR count). The lowest BCUT2D eigenvalue weighted by Crippen LogP contribution is -2.14. The van der Waals surface area contributed by atoms with Crippen molar-refractivity contribution >= 4 is 0 Å². The Morgan fingerprint density at radius 3 is 1.71 bits per heavy atom. The molecule has 0 atom stereocenters. The van der Waals surface area contributed by atoms with Crippen LogP contribution in [0.25, 0.3) is 0 Å². The highest BCUT2D eigenvalue weighted by Crippen LogP contribution is 2.35. The molecular formula is C24H42. The molecule has 0 heteroatoms. The second-order valence-electron chi connectivity index (χ2n) is 8.61. The fourth-order valence-electron chi connectivity index (χ4n) is 5.01. The van der Waals surface area contributed by atoms with E-state index in [4.69, 9.17) is 0 Å². The van der Waals surface area contributed by atoms with E-state index in [-0.39, 0.29) is 0 Å². The molecule has 0 aromatic carbocycles. The van der Waals surface area contributed by atoms with Gasteiger partial charge in [0.25, 0.3) is 0 Å². The SMILES string of the molecule is CC=CCC[C@H]1CC[C@H](C=CCC[C@H]2CC[C@H](CCC)CC2)CC1. The van der Waals surface area contributed by atoms with E-state index in [1.54, 1.807) is 0 Å². The van der Waals surface area contributed by atoms with Crippen molar-refractivity contribution in [2.45, 2.75) is 104 Å². The Labute approximate surface area is 152 Å². The fraction of sp³-hybridized carbons (Fsp3) is 0.833. The molecule has 0 amide bonds. The van der Waals surface area contributed by atoms with Gasteiger partial charge in [-0.2, -0.15) is 0 Å². The van der Waals surface area contributed by atoms with Crippen LogP contribution in [0.3, 0.4) is 0 Å². The molecule has 2 fully saturated rings. The molecule has 0 aromatic rings. The van der Waals surface area contributed by atoms with Gasteiger partial charge in [-0.1, -0.05) is 69.8 Å². The first kappa shape index (κ1) is 19.8. The van der Waals surface area contributed by atoms with E-state index in [1.807, 2.05) is 0 Å². The summed E-state index contributed by atoms with van der Waals surface area (Å²) in [5.41, 5.74) is 0. The van der Waals surface area contributed by atoms with Crippen LogP contribution in [-0.4, -0.2) is 0 Å². The van der Waals surface area contributed by atoms with Gasteiger partial charge in [-0.25, -0.2) is 0 Å². The molecule has 0 nitrogen and oxygen atoms in total. The summed E-state index contributed by atoms with van der Waals surface area (Å²) in [6, 6.07) is 0. The van der Waals surface area contributed by atoms with E-state index in [9.17, 15) is 0 Å². The van der Waals surface area contributed by atoms with Gasteiger partial charge in [0.05, 0.1) is 0 Å². The third-order valence-electron chi connectivity index (χ3n) is 6.68. The van der Waals surface area contributed by atoms with E-state index in [0.717, 1.165) is 23.7 Å². The van der Waals surface area contributed by atoms with E-state index in [1.165, 1.54) is 89.9 Å². The van der Waals surface area contributed by atoms with Gasteiger partial charge in [0.2, 0.25) is 0 Å². The number of allylic oxidation sites excluding steroid dienone is 4. The first-order valence-corrected chi connectivity index (χ1v) is 11.1. The zero-order valence-electron chi connectivity index (χ0n) is 16.5. The van der Waals surface area contributed by atoms with Crippen LogP contribution >= 0.6 is 0 Å². The van der Waals surface area contributed by atoms with E-state index in [0.29, 0.717) is 0 Å². The quantitative estimate of drug-likeness (QED) is 0.375.